The van der Waals surface area contributed by atoms with E-state index >= 15 is 0 Å². The summed E-state index contributed by atoms with van der Waals surface area (Å²) in [7, 11) is 0. The fourth-order valence-electron chi connectivity index (χ4n) is 1.75. The molecule has 2 rings (SSSR count). The van der Waals surface area contributed by atoms with E-state index in [1.165, 1.54) is 12.1 Å². The number of carbonyl (C=O) groups is 1. The molecule has 0 atom stereocenters. The van der Waals surface area contributed by atoms with Crippen LogP contribution in [0.1, 0.15) is 23.7 Å². The standard InChI is InChI=1S/C15H12FNO4/c1-2-14(18)10-4-3-5-12(8-10)21-15-7-6-11(17(19)20)9-13(15)16/h3-9H,2H2,1H3. The quantitative estimate of drug-likeness (QED) is 0.471. The molecule has 0 saturated carbocycles. The fourth-order valence-corrected chi connectivity index (χ4v) is 1.75. The molecule has 0 spiro atoms. The Morgan fingerprint density at radius 3 is 2.67 bits per heavy atom. The highest BCUT2D eigenvalue weighted by molar-refractivity contribution is 5.96. The Morgan fingerprint density at radius 2 is 2.05 bits per heavy atom. The van der Waals surface area contributed by atoms with Gasteiger partial charge in [0.05, 0.1) is 11.0 Å². The van der Waals surface area contributed by atoms with Crippen molar-refractivity contribution in [1.82, 2.24) is 0 Å². The lowest BCUT2D eigenvalue weighted by molar-refractivity contribution is -0.385. The minimum Gasteiger partial charge on any atom is -0.454 e. The van der Waals surface area contributed by atoms with Crippen molar-refractivity contribution in [2.75, 3.05) is 0 Å². The van der Waals surface area contributed by atoms with Gasteiger partial charge in [0, 0.05) is 18.1 Å². The van der Waals surface area contributed by atoms with Crippen molar-refractivity contribution in [2.24, 2.45) is 0 Å². The van der Waals surface area contributed by atoms with Crippen LogP contribution in [0.2, 0.25) is 0 Å². The molecule has 2 aromatic rings. The van der Waals surface area contributed by atoms with Crippen LogP contribution in [-0.2, 0) is 0 Å². The molecule has 0 aromatic heterocycles. The van der Waals surface area contributed by atoms with Crippen LogP contribution in [0.5, 0.6) is 11.5 Å². The van der Waals surface area contributed by atoms with E-state index in [2.05, 4.69) is 0 Å². The number of halogens is 1. The molecule has 0 heterocycles. The maximum absolute atomic E-state index is 13.7. The van der Waals surface area contributed by atoms with Crippen LogP contribution in [-0.4, -0.2) is 10.7 Å². The van der Waals surface area contributed by atoms with Crippen molar-refractivity contribution in [1.29, 1.82) is 0 Å². The highest BCUT2D eigenvalue weighted by Gasteiger charge is 2.13. The summed E-state index contributed by atoms with van der Waals surface area (Å²) in [6.07, 6.45) is 0.356. The van der Waals surface area contributed by atoms with Crippen LogP contribution >= 0.6 is 0 Å². The Morgan fingerprint density at radius 1 is 1.29 bits per heavy atom. The van der Waals surface area contributed by atoms with Crippen LogP contribution in [0.3, 0.4) is 0 Å². The van der Waals surface area contributed by atoms with Gasteiger partial charge in [0.15, 0.2) is 17.3 Å². The number of rotatable bonds is 5. The summed E-state index contributed by atoms with van der Waals surface area (Å²) in [5.74, 6) is -0.732. The number of nitrogens with zero attached hydrogens (tertiary/aromatic N) is 1. The average Bonchev–Trinajstić information content (AvgIpc) is 2.48. The van der Waals surface area contributed by atoms with Crippen molar-refractivity contribution in [3.63, 3.8) is 0 Å². The predicted molar refractivity (Wildman–Crippen MR) is 74.2 cm³/mol. The van der Waals surface area contributed by atoms with Gasteiger partial charge in [0.25, 0.3) is 5.69 Å². The Bertz CT molecular complexity index is 700. The first kappa shape index (κ1) is 14.6. The molecule has 21 heavy (non-hydrogen) atoms. The Hall–Kier alpha value is -2.76. The summed E-state index contributed by atoms with van der Waals surface area (Å²) in [6.45, 7) is 1.74. The minimum atomic E-state index is -0.837. The summed E-state index contributed by atoms with van der Waals surface area (Å²) in [4.78, 5) is 21.4. The summed E-state index contributed by atoms with van der Waals surface area (Å²) < 4.78 is 19.1. The summed E-state index contributed by atoms with van der Waals surface area (Å²) in [5.41, 5.74) is 0.118. The molecule has 0 aliphatic rings. The molecule has 2 aromatic carbocycles. The van der Waals surface area contributed by atoms with E-state index in [-0.39, 0.29) is 17.2 Å². The lowest BCUT2D eigenvalue weighted by Crippen LogP contribution is -1.97. The molecule has 0 saturated heterocycles. The van der Waals surface area contributed by atoms with Crippen LogP contribution in [0.15, 0.2) is 42.5 Å². The lowest BCUT2D eigenvalue weighted by Gasteiger charge is -2.07. The zero-order chi connectivity index (χ0) is 15.4. The number of carbonyl (C=O) groups excluding carboxylic acids is 1. The number of benzene rings is 2. The van der Waals surface area contributed by atoms with Crippen molar-refractivity contribution in [3.05, 3.63) is 64.0 Å². The van der Waals surface area contributed by atoms with Gasteiger partial charge in [-0.1, -0.05) is 19.1 Å². The van der Waals surface area contributed by atoms with Gasteiger partial charge < -0.3 is 4.74 Å². The Kier molecular flexibility index (Phi) is 4.27. The smallest absolute Gasteiger partial charge is 0.272 e. The van der Waals surface area contributed by atoms with Crippen LogP contribution in [0.25, 0.3) is 0 Å². The van der Waals surface area contributed by atoms with E-state index in [0.717, 1.165) is 12.1 Å². The minimum absolute atomic E-state index is 0.0513. The van der Waals surface area contributed by atoms with E-state index in [4.69, 9.17) is 4.74 Å². The van der Waals surface area contributed by atoms with E-state index < -0.39 is 10.7 Å². The number of hydrogen-bond donors (Lipinski definition) is 0. The second kappa shape index (κ2) is 6.13. The third kappa shape index (κ3) is 3.42. The molecule has 0 N–H and O–H groups in total. The van der Waals surface area contributed by atoms with E-state index in [1.54, 1.807) is 25.1 Å². The number of nitro groups is 1. The monoisotopic (exact) mass is 289 g/mol. The molecule has 5 nitrogen and oxygen atoms in total. The average molecular weight is 289 g/mol. The summed E-state index contributed by atoms with van der Waals surface area (Å²) >= 11 is 0. The Balaban J connectivity index is 2.26. The maximum atomic E-state index is 13.7. The van der Waals surface area contributed by atoms with Gasteiger partial charge in [-0.15, -0.1) is 0 Å². The van der Waals surface area contributed by atoms with Crippen LogP contribution in [0.4, 0.5) is 10.1 Å². The maximum Gasteiger partial charge on any atom is 0.272 e. The van der Waals surface area contributed by atoms with Gasteiger partial charge >= 0.3 is 0 Å². The molecule has 0 radical (unpaired) electrons. The third-order valence-corrected chi connectivity index (χ3v) is 2.83. The molecule has 0 unspecified atom stereocenters. The van der Waals surface area contributed by atoms with E-state index in [1.807, 2.05) is 0 Å². The molecule has 0 bridgehead atoms. The third-order valence-electron chi connectivity index (χ3n) is 2.83. The first-order valence-electron chi connectivity index (χ1n) is 6.26. The number of ether oxygens (including phenoxy) is 1. The SMILES string of the molecule is CCC(=O)c1cccc(Oc2ccc([N+](=O)[O-])cc2F)c1. The molecule has 108 valence electrons. The van der Waals surface area contributed by atoms with Gasteiger partial charge in [-0.2, -0.15) is 0 Å². The molecule has 6 heteroatoms. The molecule has 0 amide bonds. The second-order valence-electron chi connectivity index (χ2n) is 4.28. The zero-order valence-electron chi connectivity index (χ0n) is 11.2. The van der Waals surface area contributed by atoms with Crippen LogP contribution < -0.4 is 4.74 Å². The number of Topliss-reactive ketones (excluding diaryl/α,β-unsaturated/α-hetero) is 1. The number of ketones is 1. The highest BCUT2D eigenvalue weighted by Crippen LogP contribution is 2.28. The van der Waals surface area contributed by atoms with Crippen molar-refractivity contribution < 1.29 is 18.8 Å². The van der Waals surface area contributed by atoms with Crippen molar-refractivity contribution in [2.45, 2.75) is 13.3 Å². The van der Waals surface area contributed by atoms with Crippen LogP contribution in [0, 0.1) is 15.9 Å². The van der Waals surface area contributed by atoms with Gasteiger partial charge in [-0.3, -0.25) is 14.9 Å². The number of hydrogen-bond acceptors (Lipinski definition) is 4. The molecule has 0 aliphatic heterocycles. The van der Waals surface area contributed by atoms with Gasteiger partial charge in [0.1, 0.15) is 5.75 Å². The van der Waals surface area contributed by atoms with E-state index in [9.17, 15) is 19.3 Å². The lowest BCUT2D eigenvalue weighted by atomic mass is 10.1. The second-order valence-corrected chi connectivity index (χ2v) is 4.28. The summed E-state index contributed by atoms with van der Waals surface area (Å²) in [6, 6.07) is 9.48. The van der Waals surface area contributed by atoms with Gasteiger partial charge in [-0.05, 0) is 18.2 Å². The van der Waals surface area contributed by atoms with Gasteiger partial charge in [0.2, 0.25) is 0 Å². The predicted octanol–water partition coefficient (Wildman–Crippen LogP) is 4.12. The normalized spacial score (nSPS) is 10.2. The molecule has 0 aliphatic carbocycles. The van der Waals surface area contributed by atoms with Crippen molar-refractivity contribution >= 4 is 11.5 Å². The summed E-state index contributed by atoms with van der Waals surface area (Å²) in [5, 5.41) is 10.5. The molecular formula is C15H12FNO4. The van der Waals surface area contributed by atoms with Crippen molar-refractivity contribution in [3.8, 4) is 11.5 Å². The topological polar surface area (TPSA) is 69.4 Å². The first-order valence-corrected chi connectivity index (χ1v) is 6.26. The molecular weight excluding hydrogens is 277 g/mol. The largest absolute Gasteiger partial charge is 0.454 e. The fraction of sp³-hybridized carbons (Fsp3) is 0.133. The van der Waals surface area contributed by atoms with E-state index in [0.29, 0.717) is 17.7 Å². The number of nitro benzene ring substituents is 1. The zero-order valence-corrected chi connectivity index (χ0v) is 11.2. The van der Waals surface area contributed by atoms with Gasteiger partial charge in [-0.25, -0.2) is 4.39 Å². The molecule has 0 fully saturated rings. The number of non-ortho nitro benzene ring substituents is 1. The highest BCUT2D eigenvalue weighted by atomic mass is 19.1. The Labute approximate surface area is 120 Å². The first-order chi connectivity index (χ1) is 10.0.